The highest BCUT2D eigenvalue weighted by Crippen LogP contribution is 2.17. The van der Waals surface area contributed by atoms with Gasteiger partial charge in [-0.1, -0.05) is 24.3 Å². The predicted octanol–water partition coefficient (Wildman–Crippen LogP) is 2.78. The van der Waals surface area contributed by atoms with Gasteiger partial charge in [-0.05, 0) is 29.8 Å². The van der Waals surface area contributed by atoms with Gasteiger partial charge in [0, 0.05) is 19.7 Å². The number of carbonyl (C=O) groups is 2. The van der Waals surface area contributed by atoms with Gasteiger partial charge in [-0.2, -0.15) is 0 Å². The van der Waals surface area contributed by atoms with E-state index in [1.807, 2.05) is 18.2 Å². The van der Waals surface area contributed by atoms with Gasteiger partial charge >= 0.3 is 0 Å². The van der Waals surface area contributed by atoms with E-state index in [-0.39, 0.29) is 5.91 Å². The molecule has 2 aromatic carbocycles. The van der Waals surface area contributed by atoms with Gasteiger partial charge in [-0.25, -0.2) is 0 Å². The monoisotopic (exact) mass is 283 g/mol. The molecule has 0 atom stereocenters. The summed E-state index contributed by atoms with van der Waals surface area (Å²) >= 11 is 0. The molecule has 2 aromatic rings. The molecule has 0 aromatic heterocycles. The molecule has 0 aliphatic carbocycles. The van der Waals surface area contributed by atoms with Crippen molar-refractivity contribution < 1.29 is 14.3 Å². The molecule has 0 aliphatic rings. The van der Waals surface area contributed by atoms with E-state index in [1.54, 1.807) is 44.4 Å². The van der Waals surface area contributed by atoms with Crippen molar-refractivity contribution in [1.82, 2.24) is 4.90 Å². The summed E-state index contributed by atoms with van der Waals surface area (Å²) in [6, 6.07) is 14.3. The van der Waals surface area contributed by atoms with Gasteiger partial charge in [-0.3, -0.25) is 9.59 Å². The van der Waals surface area contributed by atoms with Crippen LogP contribution in [0.5, 0.6) is 5.75 Å². The van der Waals surface area contributed by atoms with E-state index in [2.05, 4.69) is 0 Å². The van der Waals surface area contributed by atoms with Crippen molar-refractivity contribution in [2.45, 2.75) is 6.61 Å². The second-order valence-electron chi connectivity index (χ2n) is 4.84. The molecule has 0 radical (unpaired) electrons. The Bertz CT molecular complexity index is 633. The Hall–Kier alpha value is -2.62. The number of aldehydes is 1. The van der Waals surface area contributed by atoms with E-state index in [4.69, 9.17) is 4.74 Å². The Balaban J connectivity index is 2.04. The molecule has 1 amide bonds. The fourth-order valence-corrected chi connectivity index (χ4v) is 1.87. The van der Waals surface area contributed by atoms with Crippen LogP contribution in [0.4, 0.5) is 0 Å². The lowest BCUT2D eigenvalue weighted by atomic mass is 10.1. The Labute approximate surface area is 124 Å². The van der Waals surface area contributed by atoms with E-state index in [0.29, 0.717) is 23.5 Å². The number of para-hydroxylation sites is 1. The standard InChI is InChI=1S/C17H17NO3/c1-18(2)17(20)14-9-7-13(8-10-14)12-21-16-6-4-3-5-15(16)11-19/h3-11H,12H2,1-2H3. The van der Waals surface area contributed by atoms with Crippen LogP contribution in [0.3, 0.4) is 0 Å². The second kappa shape index (κ2) is 6.70. The van der Waals surface area contributed by atoms with Gasteiger partial charge in [0.1, 0.15) is 12.4 Å². The smallest absolute Gasteiger partial charge is 0.253 e. The topological polar surface area (TPSA) is 46.6 Å². The Morgan fingerprint density at radius 1 is 1.10 bits per heavy atom. The first kappa shape index (κ1) is 14.8. The number of ether oxygens (including phenoxy) is 1. The maximum atomic E-state index is 11.8. The molecule has 4 heteroatoms. The highest BCUT2D eigenvalue weighted by molar-refractivity contribution is 5.93. The Morgan fingerprint density at radius 3 is 2.38 bits per heavy atom. The Morgan fingerprint density at radius 2 is 1.76 bits per heavy atom. The largest absolute Gasteiger partial charge is 0.488 e. The van der Waals surface area contributed by atoms with Crippen molar-refractivity contribution in [3.63, 3.8) is 0 Å². The number of rotatable bonds is 5. The van der Waals surface area contributed by atoms with Crippen molar-refractivity contribution in [2.75, 3.05) is 14.1 Å². The van der Waals surface area contributed by atoms with Crippen molar-refractivity contribution in [3.05, 3.63) is 65.2 Å². The summed E-state index contributed by atoms with van der Waals surface area (Å²) in [6.07, 6.45) is 0.772. The fraction of sp³-hybridized carbons (Fsp3) is 0.176. The quantitative estimate of drug-likeness (QED) is 0.793. The SMILES string of the molecule is CN(C)C(=O)c1ccc(COc2ccccc2C=O)cc1. The molecular weight excluding hydrogens is 266 g/mol. The number of hydrogen-bond donors (Lipinski definition) is 0. The lowest BCUT2D eigenvalue weighted by Crippen LogP contribution is -2.21. The molecule has 2 rings (SSSR count). The van der Waals surface area contributed by atoms with Crippen molar-refractivity contribution in [3.8, 4) is 5.75 Å². The highest BCUT2D eigenvalue weighted by atomic mass is 16.5. The van der Waals surface area contributed by atoms with E-state index < -0.39 is 0 Å². The van der Waals surface area contributed by atoms with E-state index in [1.165, 1.54) is 4.90 Å². The van der Waals surface area contributed by atoms with Crippen LogP contribution >= 0.6 is 0 Å². The average molecular weight is 283 g/mol. The summed E-state index contributed by atoms with van der Waals surface area (Å²) in [6.45, 7) is 0.349. The first-order valence-corrected chi connectivity index (χ1v) is 6.59. The van der Waals surface area contributed by atoms with Crippen molar-refractivity contribution in [2.24, 2.45) is 0 Å². The molecule has 0 fully saturated rings. The molecule has 0 saturated carbocycles. The molecule has 0 aliphatic heterocycles. The summed E-state index contributed by atoms with van der Waals surface area (Å²) in [5.74, 6) is 0.523. The van der Waals surface area contributed by atoms with Gasteiger partial charge in [0.15, 0.2) is 6.29 Å². The molecule has 21 heavy (non-hydrogen) atoms. The van der Waals surface area contributed by atoms with E-state index in [9.17, 15) is 9.59 Å². The maximum absolute atomic E-state index is 11.8. The number of carbonyl (C=O) groups excluding carboxylic acids is 2. The van der Waals surface area contributed by atoms with Gasteiger partial charge in [0.05, 0.1) is 5.56 Å². The summed E-state index contributed by atoms with van der Waals surface area (Å²) < 4.78 is 5.64. The minimum atomic E-state index is -0.0335. The number of amides is 1. The molecule has 0 spiro atoms. The van der Waals surface area contributed by atoms with Crippen LogP contribution in [0.2, 0.25) is 0 Å². The van der Waals surface area contributed by atoms with Crippen LogP contribution in [0, 0.1) is 0 Å². The van der Waals surface area contributed by atoms with Crippen LogP contribution in [0.1, 0.15) is 26.3 Å². The van der Waals surface area contributed by atoms with Gasteiger partial charge in [-0.15, -0.1) is 0 Å². The number of nitrogens with zero attached hydrogens (tertiary/aromatic N) is 1. The molecule has 0 N–H and O–H groups in total. The van der Waals surface area contributed by atoms with Crippen molar-refractivity contribution in [1.29, 1.82) is 0 Å². The molecule has 108 valence electrons. The summed E-state index contributed by atoms with van der Waals surface area (Å²) in [4.78, 5) is 24.2. The predicted molar refractivity (Wildman–Crippen MR) is 80.6 cm³/mol. The summed E-state index contributed by atoms with van der Waals surface area (Å²) in [5.41, 5.74) is 2.10. The van der Waals surface area contributed by atoms with Gasteiger partial charge in [0.2, 0.25) is 0 Å². The third-order valence-electron chi connectivity index (χ3n) is 3.05. The van der Waals surface area contributed by atoms with Crippen LogP contribution < -0.4 is 4.74 Å². The van der Waals surface area contributed by atoms with Crippen LogP contribution in [-0.4, -0.2) is 31.2 Å². The number of benzene rings is 2. The van der Waals surface area contributed by atoms with Crippen LogP contribution in [0.25, 0.3) is 0 Å². The summed E-state index contributed by atoms with van der Waals surface area (Å²) in [5, 5.41) is 0. The molecule has 0 heterocycles. The van der Waals surface area contributed by atoms with Crippen molar-refractivity contribution >= 4 is 12.2 Å². The molecule has 4 nitrogen and oxygen atoms in total. The van der Waals surface area contributed by atoms with E-state index in [0.717, 1.165) is 11.8 Å². The zero-order valence-corrected chi connectivity index (χ0v) is 12.1. The minimum Gasteiger partial charge on any atom is -0.488 e. The lowest BCUT2D eigenvalue weighted by Gasteiger charge is -2.11. The molecule has 0 unspecified atom stereocenters. The second-order valence-corrected chi connectivity index (χ2v) is 4.84. The molecule has 0 bridgehead atoms. The first-order chi connectivity index (χ1) is 10.1. The first-order valence-electron chi connectivity index (χ1n) is 6.59. The maximum Gasteiger partial charge on any atom is 0.253 e. The Kier molecular flexibility index (Phi) is 4.72. The molecular formula is C17H17NO3. The normalized spacial score (nSPS) is 10.0. The van der Waals surface area contributed by atoms with Gasteiger partial charge < -0.3 is 9.64 Å². The fourth-order valence-electron chi connectivity index (χ4n) is 1.87. The molecule has 0 saturated heterocycles. The number of hydrogen-bond acceptors (Lipinski definition) is 3. The third-order valence-corrected chi connectivity index (χ3v) is 3.05. The van der Waals surface area contributed by atoms with Crippen LogP contribution in [0.15, 0.2) is 48.5 Å². The minimum absolute atomic E-state index is 0.0335. The summed E-state index contributed by atoms with van der Waals surface area (Å²) in [7, 11) is 3.44. The zero-order valence-electron chi connectivity index (χ0n) is 12.1. The van der Waals surface area contributed by atoms with Crippen LogP contribution in [-0.2, 0) is 6.61 Å². The lowest BCUT2D eigenvalue weighted by molar-refractivity contribution is 0.0827. The zero-order chi connectivity index (χ0) is 15.2. The van der Waals surface area contributed by atoms with E-state index >= 15 is 0 Å². The third kappa shape index (κ3) is 3.69. The highest BCUT2D eigenvalue weighted by Gasteiger charge is 2.07. The average Bonchev–Trinajstić information content (AvgIpc) is 2.52. The van der Waals surface area contributed by atoms with Gasteiger partial charge in [0.25, 0.3) is 5.91 Å².